The number of rotatable bonds is 7. The molecule has 0 atom stereocenters. The number of aryl methyl sites for hydroxylation is 4. The third kappa shape index (κ3) is 8.58. The minimum absolute atomic E-state index is 0.0249. The first kappa shape index (κ1) is 45.7. The van der Waals surface area contributed by atoms with Gasteiger partial charge in [0.15, 0.2) is 0 Å². The second kappa shape index (κ2) is 16.5. The predicted molar refractivity (Wildman–Crippen MR) is 287 cm³/mol. The number of hydrogen-bond donors (Lipinski definition) is 0. The third-order valence-corrected chi connectivity index (χ3v) is 14.3. The Kier molecular flexibility index (Phi) is 11.6. The zero-order chi connectivity index (χ0) is 47.1. The van der Waals surface area contributed by atoms with Gasteiger partial charge < -0.3 is 9.80 Å². The van der Waals surface area contributed by atoms with Crippen LogP contribution in [0.15, 0.2) is 121 Å². The van der Waals surface area contributed by atoms with E-state index < -0.39 is 0 Å². The monoisotopic (exact) mass is 857 g/mol. The average molecular weight is 857 g/mol. The summed E-state index contributed by atoms with van der Waals surface area (Å²) in [6, 6.07) is 47.4. The van der Waals surface area contributed by atoms with Crippen molar-refractivity contribution in [2.24, 2.45) is 0 Å². The lowest BCUT2D eigenvalue weighted by atomic mass is 9.80. The van der Waals surface area contributed by atoms with Crippen LogP contribution in [0.4, 0.5) is 34.1 Å². The van der Waals surface area contributed by atoms with E-state index in [-0.39, 0.29) is 16.2 Å². The first-order valence-corrected chi connectivity index (χ1v) is 23.9. The van der Waals surface area contributed by atoms with E-state index >= 15 is 0 Å². The van der Waals surface area contributed by atoms with Crippen molar-refractivity contribution in [3.8, 4) is 0 Å². The molecule has 0 amide bonds. The molecule has 0 aromatic heterocycles. The third-order valence-electron chi connectivity index (χ3n) is 14.3. The van der Waals surface area contributed by atoms with Gasteiger partial charge in [0.25, 0.3) is 0 Å². The Morgan fingerprint density at radius 1 is 0.338 bits per heavy atom. The van der Waals surface area contributed by atoms with Crippen molar-refractivity contribution in [2.45, 2.75) is 140 Å². The lowest BCUT2D eigenvalue weighted by molar-refractivity contribution is 0.569. The Hall–Kier alpha value is -5.86. The summed E-state index contributed by atoms with van der Waals surface area (Å²) >= 11 is 0. The second-order valence-corrected chi connectivity index (χ2v) is 22.5. The molecule has 2 nitrogen and oxygen atoms in total. The van der Waals surface area contributed by atoms with Gasteiger partial charge in [-0.3, -0.25) is 0 Å². The van der Waals surface area contributed by atoms with Crippen LogP contribution in [0.1, 0.15) is 138 Å². The van der Waals surface area contributed by atoms with Crippen LogP contribution in [0.3, 0.4) is 0 Å². The predicted octanol–water partition coefficient (Wildman–Crippen LogP) is 19.0. The minimum atomic E-state index is -0.0401. The summed E-state index contributed by atoms with van der Waals surface area (Å²) in [4.78, 5) is 5.12. The minimum Gasteiger partial charge on any atom is -0.310 e. The summed E-state index contributed by atoms with van der Waals surface area (Å²) in [7, 11) is 0. The fraction of sp³-hybridized carbons (Fsp3) is 0.333. The van der Waals surface area contributed by atoms with Crippen molar-refractivity contribution in [1.82, 2.24) is 0 Å². The Balaban J connectivity index is 1.52. The number of fused-ring (bicyclic) bond motifs is 5. The van der Waals surface area contributed by atoms with E-state index in [0.29, 0.717) is 5.92 Å². The first-order valence-electron chi connectivity index (χ1n) is 23.9. The van der Waals surface area contributed by atoms with Gasteiger partial charge in [-0.25, -0.2) is 0 Å². The summed E-state index contributed by atoms with van der Waals surface area (Å²) in [5, 5.41) is 7.42. The fourth-order valence-corrected chi connectivity index (χ4v) is 9.56. The van der Waals surface area contributed by atoms with E-state index in [4.69, 9.17) is 0 Å². The number of anilines is 6. The van der Waals surface area contributed by atoms with Crippen LogP contribution in [-0.2, 0) is 16.2 Å². The van der Waals surface area contributed by atoms with Crippen molar-refractivity contribution in [1.29, 1.82) is 0 Å². The van der Waals surface area contributed by atoms with Crippen molar-refractivity contribution in [2.75, 3.05) is 9.80 Å². The fourth-order valence-electron chi connectivity index (χ4n) is 9.56. The standard InChI is InChI=1S/C63H72N2/c1-38(2)45-30-46(61(9,10)11)33-51(31-45)64(49-26-39(3)43(7)40(4)27-49)59-36-57-54-23-19-21-25-56(54)60(37-58(57)53-22-18-20-24-55(53)59)65(50-28-41(5)44(8)42(6)29-50)52-34-47(62(12,13)14)32-48(35-52)63(15,16)17/h18-38H,1-17H3. The molecule has 0 spiro atoms. The average Bonchev–Trinajstić information content (AvgIpc) is 3.24. The molecule has 8 rings (SSSR count). The number of hydrogen-bond acceptors (Lipinski definition) is 2. The highest BCUT2D eigenvalue weighted by Gasteiger charge is 2.28. The van der Waals surface area contributed by atoms with Gasteiger partial charge in [0.2, 0.25) is 0 Å². The lowest BCUT2D eigenvalue weighted by Gasteiger charge is -2.33. The number of nitrogens with zero attached hydrogens (tertiary/aromatic N) is 2. The molecule has 0 aliphatic heterocycles. The molecule has 0 fully saturated rings. The quantitative estimate of drug-likeness (QED) is 0.147. The Bertz CT molecular complexity index is 3060. The first-order chi connectivity index (χ1) is 30.4. The summed E-state index contributed by atoms with van der Waals surface area (Å²) in [5.41, 5.74) is 20.2. The van der Waals surface area contributed by atoms with Crippen molar-refractivity contribution >= 4 is 66.4 Å². The molecule has 0 aliphatic rings. The molecule has 0 aliphatic carbocycles. The second-order valence-electron chi connectivity index (χ2n) is 22.5. The molecule has 334 valence electrons. The van der Waals surface area contributed by atoms with Crippen molar-refractivity contribution < 1.29 is 0 Å². The molecule has 2 heteroatoms. The highest BCUT2D eigenvalue weighted by Crippen LogP contribution is 2.50. The molecule has 0 heterocycles. The Morgan fingerprint density at radius 2 is 0.646 bits per heavy atom. The van der Waals surface area contributed by atoms with Crippen LogP contribution >= 0.6 is 0 Å². The van der Waals surface area contributed by atoms with Crippen LogP contribution in [0.2, 0.25) is 0 Å². The van der Waals surface area contributed by atoms with Gasteiger partial charge in [0.1, 0.15) is 0 Å². The molecule has 65 heavy (non-hydrogen) atoms. The highest BCUT2D eigenvalue weighted by atomic mass is 15.2. The number of benzene rings is 8. The van der Waals surface area contributed by atoms with E-state index in [1.54, 1.807) is 0 Å². The van der Waals surface area contributed by atoms with Gasteiger partial charge in [-0.05, 0) is 202 Å². The molecule has 0 saturated heterocycles. The zero-order valence-corrected chi connectivity index (χ0v) is 42.5. The van der Waals surface area contributed by atoms with Gasteiger partial charge in [-0.2, -0.15) is 0 Å². The summed E-state index contributed by atoms with van der Waals surface area (Å²) in [5.74, 6) is 0.378. The van der Waals surface area contributed by atoms with Crippen LogP contribution in [0.5, 0.6) is 0 Å². The smallest absolute Gasteiger partial charge is 0.0546 e. The molecular weight excluding hydrogens is 785 g/mol. The molecule has 0 saturated carbocycles. The Labute approximate surface area is 391 Å². The molecular formula is C63H72N2. The maximum Gasteiger partial charge on any atom is 0.0546 e. The summed E-state index contributed by atoms with van der Waals surface area (Å²) in [6.07, 6.45) is 0. The van der Waals surface area contributed by atoms with Gasteiger partial charge in [0.05, 0.1) is 11.4 Å². The summed E-state index contributed by atoms with van der Waals surface area (Å²) in [6.45, 7) is 39.2. The normalized spacial score (nSPS) is 12.5. The van der Waals surface area contributed by atoms with Crippen LogP contribution in [0, 0.1) is 41.5 Å². The Morgan fingerprint density at radius 3 is 0.985 bits per heavy atom. The van der Waals surface area contributed by atoms with E-state index in [9.17, 15) is 0 Å². The molecule has 8 aromatic rings. The van der Waals surface area contributed by atoms with Gasteiger partial charge in [0, 0.05) is 33.5 Å². The van der Waals surface area contributed by atoms with E-state index in [2.05, 4.69) is 249 Å². The molecule has 0 unspecified atom stereocenters. The van der Waals surface area contributed by atoms with Crippen LogP contribution < -0.4 is 9.80 Å². The van der Waals surface area contributed by atoms with E-state index in [1.165, 1.54) is 122 Å². The summed E-state index contributed by atoms with van der Waals surface area (Å²) < 4.78 is 0. The van der Waals surface area contributed by atoms with E-state index in [1.807, 2.05) is 0 Å². The zero-order valence-electron chi connectivity index (χ0n) is 42.5. The molecule has 0 radical (unpaired) electrons. The molecule has 8 aromatic carbocycles. The topological polar surface area (TPSA) is 6.48 Å². The van der Waals surface area contributed by atoms with Gasteiger partial charge in [-0.15, -0.1) is 0 Å². The molecule has 0 N–H and O–H groups in total. The van der Waals surface area contributed by atoms with E-state index in [0.717, 1.165) is 0 Å². The maximum atomic E-state index is 2.56. The largest absolute Gasteiger partial charge is 0.310 e. The highest BCUT2D eigenvalue weighted by molar-refractivity contribution is 6.24. The maximum absolute atomic E-state index is 2.56. The SMILES string of the molecule is Cc1cc(N(c2cc(C(C)C)cc(C(C)(C)C)c2)c2cc3c4ccccc4c(N(c4cc(C(C)(C)C)cc(C(C)(C)C)c4)c4cc(C)c(C)c(C)c4)cc3c3ccccc23)cc(C)c1C. The van der Waals surface area contributed by atoms with Gasteiger partial charge in [-0.1, -0.05) is 137 Å². The van der Waals surface area contributed by atoms with Crippen molar-refractivity contribution in [3.05, 3.63) is 177 Å². The molecule has 0 bridgehead atoms. The van der Waals surface area contributed by atoms with Gasteiger partial charge >= 0.3 is 0 Å². The van der Waals surface area contributed by atoms with Crippen LogP contribution in [0.25, 0.3) is 32.3 Å². The van der Waals surface area contributed by atoms with Crippen molar-refractivity contribution in [3.63, 3.8) is 0 Å². The van der Waals surface area contributed by atoms with Crippen LogP contribution in [-0.4, -0.2) is 0 Å². The lowest BCUT2D eigenvalue weighted by Crippen LogP contribution is -2.19.